The molecule has 6 rings (SSSR count). The van der Waals surface area contributed by atoms with Gasteiger partial charge in [0.2, 0.25) is 5.91 Å². The number of aryl methyl sites for hydroxylation is 2. The molecule has 1 aromatic carbocycles. The third-order valence-corrected chi connectivity index (χ3v) is 12.0. The Morgan fingerprint density at radius 2 is 1.53 bits per heavy atom. The standard InChI is InChI=1S/C40H57ClN8O9S/c1-26-4-3-5-31(41)35(26)47-39(53)32-25-43-40(59-32)46-33-24-34(45-27(2)44-33)49-9-7-48(8-10-49)11-13-55-15-17-57-19-21-58-20-18-56-16-14-54-12-6-42-38(52)30-23-28-22-29(30)37(51)36(28)50/h3-5,24-25,28-30,36-37,50-51H,6-23H2,1-2H3,(H,42,52)(H,47,53)(H,43,44,45,46)/t28-,29+,30+,36+,37-/m1/s1. The molecule has 59 heavy (non-hydrogen) atoms. The van der Waals surface area contributed by atoms with Crippen molar-refractivity contribution < 1.29 is 43.5 Å². The van der Waals surface area contributed by atoms with Crippen LogP contribution in [0.5, 0.6) is 0 Å². The van der Waals surface area contributed by atoms with Crippen molar-refractivity contribution in [3.05, 3.63) is 51.7 Å². The minimum Gasteiger partial charge on any atom is -0.390 e. The van der Waals surface area contributed by atoms with Gasteiger partial charge in [-0.05, 0) is 50.2 Å². The molecule has 0 radical (unpaired) electrons. The van der Waals surface area contributed by atoms with Crippen molar-refractivity contribution in [3.8, 4) is 0 Å². The van der Waals surface area contributed by atoms with Crippen LogP contribution in [0.15, 0.2) is 30.5 Å². The zero-order valence-corrected chi connectivity index (χ0v) is 35.3. The fraction of sp³-hybridized carbons (Fsp3) is 0.625. The van der Waals surface area contributed by atoms with Gasteiger partial charge in [0.15, 0.2) is 5.13 Å². The Kier molecular flexibility index (Phi) is 17.4. The number of hydrogen-bond acceptors (Lipinski definition) is 16. The van der Waals surface area contributed by atoms with Crippen LogP contribution in [-0.4, -0.2) is 159 Å². The quantitative estimate of drug-likeness (QED) is 0.0823. The number of benzene rings is 1. The third kappa shape index (κ3) is 13.2. The molecule has 3 aromatic rings. The van der Waals surface area contributed by atoms with E-state index in [4.69, 9.17) is 35.3 Å². The zero-order chi connectivity index (χ0) is 41.6. The van der Waals surface area contributed by atoms with E-state index in [0.29, 0.717) is 118 Å². The molecule has 3 heterocycles. The Bertz CT molecular complexity index is 1780. The van der Waals surface area contributed by atoms with Gasteiger partial charge in [0.25, 0.3) is 5.91 Å². The van der Waals surface area contributed by atoms with Crippen molar-refractivity contribution >= 4 is 57.2 Å². The Morgan fingerprint density at radius 1 is 0.864 bits per heavy atom. The lowest BCUT2D eigenvalue weighted by atomic mass is 9.84. The smallest absolute Gasteiger partial charge is 0.267 e. The second-order valence-corrected chi connectivity index (χ2v) is 16.3. The normalized spacial score (nSPS) is 21.6. The maximum Gasteiger partial charge on any atom is 0.267 e. The Labute approximate surface area is 354 Å². The van der Waals surface area contributed by atoms with Crippen molar-refractivity contribution in [2.45, 2.75) is 38.9 Å². The van der Waals surface area contributed by atoms with Gasteiger partial charge in [-0.25, -0.2) is 15.0 Å². The summed E-state index contributed by atoms with van der Waals surface area (Å²) in [5.74, 6) is 1.40. The van der Waals surface area contributed by atoms with E-state index in [0.717, 1.165) is 44.1 Å². The summed E-state index contributed by atoms with van der Waals surface area (Å²) >= 11 is 7.52. The first-order valence-electron chi connectivity index (χ1n) is 20.3. The van der Waals surface area contributed by atoms with Crippen molar-refractivity contribution in [1.29, 1.82) is 0 Å². The van der Waals surface area contributed by atoms with E-state index < -0.39 is 12.2 Å². The molecule has 324 valence electrons. The number of carbonyl (C=O) groups excluding carboxylic acids is 2. The summed E-state index contributed by atoms with van der Waals surface area (Å²) in [7, 11) is 0. The number of aliphatic hydroxyl groups is 2. The largest absolute Gasteiger partial charge is 0.390 e. The molecule has 2 saturated carbocycles. The van der Waals surface area contributed by atoms with Crippen molar-refractivity contribution in [3.63, 3.8) is 0 Å². The van der Waals surface area contributed by atoms with Crippen LogP contribution >= 0.6 is 22.9 Å². The molecule has 0 spiro atoms. The highest BCUT2D eigenvalue weighted by Crippen LogP contribution is 2.48. The molecule has 1 saturated heterocycles. The molecule has 2 aromatic heterocycles. The van der Waals surface area contributed by atoms with E-state index in [1.54, 1.807) is 6.07 Å². The first-order valence-corrected chi connectivity index (χ1v) is 21.5. The van der Waals surface area contributed by atoms with Gasteiger partial charge < -0.3 is 54.7 Å². The second-order valence-electron chi connectivity index (χ2n) is 14.9. The summed E-state index contributed by atoms with van der Waals surface area (Å²) in [6.45, 7) is 13.2. The van der Waals surface area contributed by atoms with E-state index in [2.05, 4.69) is 40.7 Å². The zero-order valence-electron chi connectivity index (χ0n) is 33.8. The number of aliphatic hydroxyl groups excluding tert-OH is 2. The van der Waals surface area contributed by atoms with E-state index in [-0.39, 0.29) is 29.6 Å². The highest BCUT2D eigenvalue weighted by atomic mass is 35.5. The minimum atomic E-state index is -0.793. The molecular weight excluding hydrogens is 804 g/mol. The van der Waals surface area contributed by atoms with Crippen LogP contribution in [0.25, 0.3) is 0 Å². The molecule has 5 N–H and O–H groups in total. The van der Waals surface area contributed by atoms with E-state index in [9.17, 15) is 19.8 Å². The van der Waals surface area contributed by atoms with Crippen LogP contribution in [0, 0.1) is 31.6 Å². The van der Waals surface area contributed by atoms with Crippen LogP contribution < -0.4 is 20.9 Å². The monoisotopic (exact) mass is 860 g/mol. The minimum absolute atomic E-state index is 0.0277. The van der Waals surface area contributed by atoms with Crippen LogP contribution in [0.3, 0.4) is 0 Å². The maximum atomic E-state index is 12.9. The average Bonchev–Trinajstić information content (AvgIpc) is 3.95. The van der Waals surface area contributed by atoms with Gasteiger partial charge >= 0.3 is 0 Å². The van der Waals surface area contributed by atoms with Gasteiger partial charge in [-0.15, -0.1) is 0 Å². The number of nitrogens with one attached hydrogen (secondary N) is 3. The highest BCUT2D eigenvalue weighted by molar-refractivity contribution is 7.17. The van der Waals surface area contributed by atoms with Gasteiger partial charge in [0.1, 0.15) is 22.3 Å². The first kappa shape index (κ1) is 45.0. The summed E-state index contributed by atoms with van der Waals surface area (Å²) in [5.41, 5.74) is 1.47. The lowest BCUT2D eigenvalue weighted by Gasteiger charge is -2.35. The number of halogens is 1. The van der Waals surface area contributed by atoms with Gasteiger partial charge in [-0.3, -0.25) is 14.5 Å². The molecule has 0 unspecified atom stereocenters. The van der Waals surface area contributed by atoms with Crippen LogP contribution in [0.1, 0.15) is 33.9 Å². The molecule has 2 aliphatic carbocycles. The highest BCUT2D eigenvalue weighted by Gasteiger charge is 2.53. The Balaban J connectivity index is 0.733. The number of anilines is 4. The van der Waals surface area contributed by atoms with Gasteiger partial charge in [-0.1, -0.05) is 35.1 Å². The number of piperazine rings is 1. The molecule has 2 bridgehead atoms. The van der Waals surface area contributed by atoms with Gasteiger partial charge in [0.05, 0.1) is 95.2 Å². The summed E-state index contributed by atoms with van der Waals surface area (Å²) in [4.78, 5) is 44.0. The number of hydrogen-bond donors (Lipinski definition) is 5. The van der Waals surface area contributed by atoms with E-state index in [1.807, 2.05) is 32.0 Å². The van der Waals surface area contributed by atoms with Crippen molar-refractivity contribution in [2.75, 3.05) is 121 Å². The number of rotatable bonds is 24. The molecule has 17 nitrogen and oxygen atoms in total. The predicted molar refractivity (Wildman–Crippen MR) is 224 cm³/mol. The second kappa shape index (κ2) is 22.9. The lowest BCUT2D eigenvalue weighted by molar-refractivity contribution is -0.130. The molecule has 19 heteroatoms. The van der Waals surface area contributed by atoms with Crippen LogP contribution in [-0.2, 0) is 28.5 Å². The maximum absolute atomic E-state index is 12.9. The number of carbonyl (C=O) groups is 2. The summed E-state index contributed by atoms with van der Waals surface area (Å²) in [6, 6.07) is 7.38. The predicted octanol–water partition coefficient (Wildman–Crippen LogP) is 2.90. The van der Waals surface area contributed by atoms with Crippen molar-refractivity contribution in [2.24, 2.45) is 17.8 Å². The summed E-state index contributed by atoms with van der Waals surface area (Å²) < 4.78 is 28.0. The van der Waals surface area contributed by atoms with Crippen molar-refractivity contribution in [1.82, 2.24) is 25.2 Å². The molecule has 3 aliphatic rings. The molecule has 1 aliphatic heterocycles. The fourth-order valence-corrected chi connectivity index (χ4v) is 8.63. The molecule has 5 atom stereocenters. The lowest BCUT2D eigenvalue weighted by Crippen LogP contribution is -2.47. The van der Waals surface area contributed by atoms with Gasteiger partial charge in [-0.2, -0.15) is 0 Å². The molecule has 2 amide bonds. The Hall–Kier alpha value is -3.56. The summed E-state index contributed by atoms with van der Waals surface area (Å²) in [5, 5.41) is 30.0. The number of thiazole rings is 1. The molecule has 3 fully saturated rings. The van der Waals surface area contributed by atoms with Crippen LogP contribution in [0.2, 0.25) is 5.02 Å². The number of aromatic nitrogens is 3. The van der Waals surface area contributed by atoms with Gasteiger partial charge in [0, 0.05) is 51.3 Å². The third-order valence-electron chi connectivity index (χ3n) is 10.8. The Morgan fingerprint density at radius 3 is 2.17 bits per heavy atom. The topological polar surface area (TPSA) is 202 Å². The average molecular weight is 861 g/mol. The number of nitrogens with zero attached hydrogens (tertiary/aromatic N) is 5. The number of fused-ring (bicyclic) bond motifs is 2. The SMILES string of the molecule is Cc1nc(Nc2ncc(C(=O)Nc3c(C)cccc3Cl)s2)cc(N2CCN(CCOCCOCCOCCOCCOCCNC(=O)[C@H]3C[C@H]4C[C@@H]3[C@@H](O)[C@H]4O)CC2)n1. The number of amides is 2. The van der Waals surface area contributed by atoms with E-state index in [1.165, 1.54) is 17.5 Å². The number of para-hydroxylation sites is 1. The first-order chi connectivity index (χ1) is 28.7. The number of ether oxygens (including phenoxy) is 5. The fourth-order valence-electron chi connectivity index (χ4n) is 7.64. The summed E-state index contributed by atoms with van der Waals surface area (Å²) in [6.07, 6.45) is 1.40. The van der Waals surface area contributed by atoms with Crippen LogP contribution in [0.4, 0.5) is 22.5 Å². The molecular formula is C40H57ClN8O9S. The van der Waals surface area contributed by atoms with E-state index >= 15 is 0 Å².